The molecule has 0 bridgehead atoms. The van der Waals surface area contributed by atoms with Crippen LogP contribution in [0.3, 0.4) is 0 Å². The average Bonchev–Trinajstić information content (AvgIpc) is 2.62. The zero-order valence-corrected chi connectivity index (χ0v) is 15.3. The van der Waals surface area contributed by atoms with Gasteiger partial charge in [0.05, 0.1) is 5.56 Å². The Bertz CT molecular complexity index is 885. The van der Waals surface area contributed by atoms with Crippen molar-refractivity contribution in [1.82, 2.24) is 9.97 Å². The summed E-state index contributed by atoms with van der Waals surface area (Å²) in [5.74, 6) is 1.15. The molecule has 4 rings (SSSR count). The Balaban J connectivity index is 1.73. The molecule has 6 nitrogen and oxygen atoms in total. The van der Waals surface area contributed by atoms with Gasteiger partial charge in [-0.05, 0) is 36.5 Å². The van der Waals surface area contributed by atoms with Crippen molar-refractivity contribution in [3.8, 4) is 0 Å². The fourth-order valence-electron chi connectivity index (χ4n) is 3.71. The molecule has 1 saturated heterocycles. The number of nitrogens with zero attached hydrogens (tertiary/aromatic N) is 2. The van der Waals surface area contributed by atoms with Gasteiger partial charge < -0.3 is 10.2 Å². The maximum absolute atomic E-state index is 12.8. The molecule has 0 saturated carbocycles. The van der Waals surface area contributed by atoms with E-state index in [1.165, 1.54) is 0 Å². The number of hydrogen-bond donors (Lipinski definition) is 2. The highest BCUT2D eigenvalue weighted by Gasteiger charge is 2.31. The van der Waals surface area contributed by atoms with E-state index in [9.17, 15) is 9.59 Å². The average molecular weight is 373 g/mol. The Morgan fingerprint density at radius 3 is 2.54 bits per heavy atom. The lowest BCUT2D eigenvalue weighted by Crippen LogP contribution is -2.37. The molecule has 1 atom stereocenters. The van der Waals surface area contributed by atoms with Crippen LogP contribution in [0.25, 0.3) is 0 Å². The van der Waals surface area contributed by atoms with E-state index < -0.39 is 0 Å². The molecule has 0 spiro atoms. The van der Waals surface area contributed by atoms with Crippen LogP contribution in [0, 0.1) is 5.92 Å². The van der Waals surface area contributed by atoms with Gasteiger partial charge in [0.15, 0.2) is 0 Å². The Morgan fingerprint density at radius 2 is 1.85 bits per heavy atom. The van der Waals surface area contributed by atoms with Crippen molar-refractivity contribution >= 4 is 29.3 Å². The quantitative estimate of drug-likeness (QED) is 0.848. The predicted octanol–water partition coefficient (Wildman–Crippen LogP) is 3.13. The third-order valence-electron chi connectivity index (χ3n) is 5.29. The molecule has 1 aromatic carbocycles. The van der Waals surface area contributed by atoms with Crippen molar-refractivity contribution in [2.75, 3.05) is 23.3 Å². The summed E-state index contributed by atoms with van der Waals surface area (Å²) in [6.45, 7) is 3.95. The SMILES string of the molecule is CC1CCN(c2nc3c(c(=O)[nH]2)[C@H](c2ccc(Cl)cc2)CC(=O)N3)CC1. The van der Waals surface area contributed by atoms with Gasteiger partial charge in [0.1, 0.15) is 5.82 Å². The van der Waals surface area contributed by atoms with Crippen molar-refractivity contribution in [2.24, 2.45) is 5.92 Å². The molecule has 1 aromatic heterocycles. The maximum atomic E-state index is 12.8. The van der Waals surface area contributed by atoms with Gasteiger partial charge in [-0.25, -0.2) is 0 Å². The lowest BCUT2D eigenvalue weighted by atomic mass is 9.87. The molecule has 26 heavy (non-hydrogen) atoms. The summed E-state index contributed by atoms with van der Waals surface area (Å²) in [7, 11) is 0. The van der Waals surface area contributed by atoms with E-state index in [4.69, 9.17) is 11.6 Å². The van der Waals surface area contributed by atoms with Crippen molar-refractivity contribution in [3.05, 3.63) is 50.8 Å². The first-order valence-electron chi connectivity index (χ1n) is 8.95. The maximum Gasteiger partial charge on any atom is 0.258 e. The summed E-state index contributed by atoms with van der Waals surface area (Å²) in [4.78, 5) is 34.7. The molecule has 7 heteroatoms. The fraction of sp³-hybridized carbons (Fsp3) is 0.421. The highest BCUT2D eigenvalue weighted by Crippen LogP contribution is 2.35. The number of aromatic nitrogens is 2. The molecule has 2 aliphatic rings. The first-order valence-corrected chi connectivity index (χ1v) is 9.33. The lowest BCUT2D eigenvalue weighted by molar-refractivity contribution is -0.116. The van der Waals surface area contributed by atoms with Crippen LogP contribution in [0.4, 0.5) is 11.8 Å². The van der Waals surface area contributed by atoms with E-state index >= 15 is 0 Å². The summed E-state index contributed by atoms with van der Waals surface area (Å²) in [6.07, 6.45) is 2.36. The van der Waals surface area contributed by atoms with Crippen LogP contribution in [-0.4, -0.2) is 29.0 Å². The topological polar surface area (TPSA) is 78.1 Å². The van der Waals surface area contributed by atoms with E-state index in [0.29, 0.717) is 28.3 Å². The van der Waals surface area contributed by atoms with Gasteiger partial charge in [-0.1, -0.05) is 30.7 Å². The van der Waals surface area contributed by atoms with Gasteiger partial charge in [-0.2, -0.15) is 4.98 Å². The number of carbonyl (C=O) groups excluding carboxylic acids is 1. The summed E-state index contributed by atoms with van der Waals surface area (Å²) < 4.78 is 0. The van der Waals surface area contributed by atoms with E-state index in [0.717, 1.165) is 31.5 Å². The number of nitrogens with one attached hydrogen (secondary N) is 2. The first kappa shape index (κ1) is 17.1. The number of hydrogen-bond acceptors (Lipinski definition) is 4. The minimum atomic E-state index is -0.317. The van der Waals surface area contributed by atoms with Gasteiger partial charge in [0.2, 0.25) is 11.9 Å². The molecule has 0 aliphatic carbocycles. The van der Waals surface area contributed by atoms with Crippen LogP contribution >= 0.6 is 11.6 Å². The lowest BCUT2D eigenvalue weighted by Gasteiger charge is -2.32. The van der Waals surface area contributed by atoms with Crippen molar-refractivity contribution in [3.63, 3.8) is 0 Å². The number of rotatable bonds is 2. The number of carbonyl (C=O) groups is 1. The van der Waals surface area contributed by atoms with Crippen molar-refractivity contribution < 1.29 is 4.79 Å². The highest BCUT2D eigenvalue weighted by molar-refractivity contribution is 6.30. The van der Waals surface area contributed by atoms with E-state index in [-0.39, 0.29) is 23.8 Å². The highest BCUT2D eigenvalue weighted by atomic mass is 35.5. The second kappa shape index (κ2) is 6.76. The first-order chi connectivity index (χ1) is 12.5. The Labute approximate surface area is 156 Å². The molecule has 1 fully saturated rings. The van der Waals surface area contributed by atoms with Crippen LogP contribution < -0.4 is 15.8 Å². The molecule has 2 N–H and O–H groups in total. The van der Waals surface area contributed by atoms with E-state index in [2.05, 4.69) is 27.1 Å². The minimum Gasteiger partial charge on any atom is -0.342 e. The summed E-state index contributed by atoms with van der Waals surface area (Å²) in [5.41, 5.74) is 1.21. The van der Waals surface area contributed by atoms with Gasteiger partial charge in [-0.3, -0.25) is 14.6 Å². The number of H-pyrrole nitrogens is 1. The number of halogens is 1. The second-order valence-electron chi connectivity index (χ2n) is 7.18. The monoisotopic (exact) mass is 372 g/mol. The number of amides is 1. The smallest absolute Gasteiger partial charge is 0.258 e. The zero-order valence-electron chi connectivity index (χ0n) is 14.6. The summed E-state index contributed by atoms with van der Waals surface area (Å²) in [5, 5.41) is 3.40. The van der Waals surface area contributed by atoms with Gasteiger partial charge in [0, 0.05) is 30.5 Å². The van der Waals surface area contributed by atoms with Gasteiger partial charge >= 0.3 is 0 Å². The molecule has 136 valence electrons. The van der Waals surface area contributed by atoms with Crippen LogP contribution in [0.1, 0.15) is 43.2 Å². The minimum absolute atomic E-state index is 0.131. The van der Waals surface area contributed by atoms with E-state index in [1.807, 2.05) is 12.1 Å². The predicted molar refractivity (Wildman–Crippen MR) is 102 cm³/mol. The second-order valence-corrected chi connectivity index (χ2v) is 7.61. The van der Waals surface area contributed by atoms with Crippen LogP contribution in [0.2, 0.25) is 5.02 Å². The standard InChI is InChI=1S/C19H21ClN4O2/c1-11-6-8-24(9-7-11)19-22-17-16(18(26)23-19)14(10-15(25)21-17)12-2-4-13(20)5-3-12/h2-5,11,14H,6-10H2,1H3,(H2,21,22,23,25,26)/t14-/m0/s1. The Kier molecular flexibility index (Phi) is 4.44. The number of anilines is 2. The fourth-order valence-corrected chi connectivity index (χ4v) is 3.84. The number of benzene rings is 1. The molecular weight excluding hydrogens is 352 g/mol. The van der Waals surface area contributed by atoms with Gasteiger partial charge in [-0.15, -0.1) is 0 Å². The van der Waals surface area contributed by atoms with E-state index in [1.54, 1.807) is 12.1 Å². The summed E-state index contributed by atoms with van der Waals surface area (Å²) >= 11 is 5.96. The molecule has 2 aliphatic heterocycles. The molecule has 0 radical (unpaired) electrons. The number of aromatic amines is 1. The Morgan fingerprint density at radius 1 is 1.15 bits per heavy atom. The third kappa shape index (κ3) is 3.21. The van der Waals surface area contributed by atoms with Crippen molar-refractivity contribution in [2.45, 2.75) is 32.1 Å². The molecule has 2 aromatic rings. The Hall–Kier alpha value is -2.34. The molecule has 3 heterocycles. The van der Waals surface area contributed by atoms with Crippen LogP contribution in [-0.2, 0) is 4.79 Å². The number of piperidine rings is 1. The summed E-state index contributed by atoms with van der Waals surface area (Å²) in [6, 6.07) is 7.26. The molecular formula is C19H21ClN4O2. The van der Waals surface area contributed by atoms with Crippen LogP contribution in [0.15, 0.2) is 29.1 Å². The van der Waals surface area contributed by atoms with Gasteiger partial charge in [0.25, 0.3) is 5.56 Å². The third-order valence-corrected chi connectivity index (χ3v) is 5.55. The van der Waals surface area contributed by atoms with Crippen molar-refractivity contribution in [1.29, 1.82) is 0 Å². The largest absolute Gasteiger partial charge is 0.342 e. The normalized spacial score (nSPS) is 20.6. The van der Waals surface area contributed by atoms with Crippen LogP contribution in [0.5, 0.6) is 0 Å². The molecule has 1 amide bonds. The molecule has 0 unspecified atom stereocenters. The zero-order chi connectivity index (χ0) is 18.3. The number of fused-ring (bicyclic) bond motifs is 1.